The normalized spacial score (nSPS) is 12.6. The Kier molecular flexibility index (Phi) is 5.42. The van der Waals surface area contributed by atoms with Crippen LogP contribution in [0.4, 0.5) is 0 Å². The summed E-state index contributed by atoms with van der Waals surface area (Å²) in [6.45, 7) is 3.18. The summed E-state index contributed by atoms with van der Waals surface area (Å²) in [5.74, 6) is 0. The predicted octanol–water partition coefficient (Wildman–Crippen LogP) is 4.27. The lowest BCUT2D eigenvalue weighted by molar-refractivity contribution is 0.524. The van der Waals surface area contributed by atoms with Gasteiger partial charge in [0, 0.05) is 15.4 Å². The molecule has 0 bridgehead atoms. The third kappa shape index (κ3) is 3.94. The highest BCUT2D eigenvalue weighted by molar-refractivity contribution is 9.10. The van der Waals surface area contributed by atoms with Crippen molar-refractivity contribution in [3.05, 3.63) is 56.7 Å². The maximum Gasteiger partial charge on any atom is 0.0207 e. The molecular weight excluding hydrogens is 306 g/mol. The molecule has 0 spiro atoms. The van der Waals surface area contributed by atoms with E-state index in [0.29, 0.717) is 6.04 Å². The highest BCUT2D eigenvalue weighted by Gasteiger charge is 2.11. The van der Waals surface area contributed by atoms with E-state index >= 15 is 0 Å². The predicted molar refractivity (Wildman–Crippen MR) is 83.3 cm³/mol. The highest BCUT2D eigenvalue weighted by Crippen LogP contribution is 2.19. The van der Waals surface area contributed by atoms with Crippen LogP contribution in [-0.2, 0) is 12.8 Å². The lowest BCUT2D eigenvalue weighted by atomic mass is 10.0. The minimum Gasteiger partial charge on any atom is -0.314 e. The summed E-state index contributed by atoms with van der Waals surface area (Å²) >= 11 is 5.47. The molecule has 1 aromatic heterocycles. The van der Waals surface area contributed by atoms with Crippen molar-refractivity contribution >= 4 is 27.3 Å². The first-order valence-electron chi connectivity index (χ1n) is 6.28. The Morgan fingerprint density at radius 2 is 2.00 bits per heavy atom. The molecule has 0 aliphatic carbocycles. The van der Waals surface area contributed by atoms with E-state index in [4.69, 9.17) is 0 Å². The number of nitrogens with one attached hydrogen (secondary N) is 1. The van der Waals surface area contributed by atoms with Gasteiger partial charge in [-0.25, -0.2) is 0 Å². The first-order valence-corrected chi connectivity index (χ1v) is 7.96. The molecule has 96 valence electrons. The molecular formula is C15H18BrNS. The second-order valence-corrected chi connectivity index (χ2v) is 6.22. The van der Waals surface area contributed by atoms with Gasteiger partial charge in [-0.15, -0.1) is 11.3 Å². The van der Waals surface area contributed by atoms with Crippen LogP contribution in [0.25, 0.3) is 0 Å². The molecule has 1 aromatic carbocycles. The maximum atomic E-state index is 3.63. The number of likely N-dealkylation sites (N-methyl/N-ethyl adjacent to an activating group) is 1. The number of benzene rings is 1. The summed E-state index contributed by atoms with van der Waals surface area (Å²) in [5, 5.41) is 5.73. The second-order valence-electron chi connectivity index (χ2n) is 4.33. The molecule has 2 aromatic rings. The molecule has 0 aliphatic rings. The van der Waals surface area contributed by atoms with Gasteiger partial charge in [0.25, 0.3) is 0 Å². The third-order valence-electron chi connectivity index (χ3n) is 2.94. The summed E-state index contributed by atoms with van der Waals surface area (Å²) < 4.78 is 1.21. The Morgan fingerprint density at radius 1 is 1.17 bits per heavy atom. The van der Waals surface area contributed by atoms with Gasteiger partial charge in [-0.1, -0.05) is 47.1 Å². The molecule has 3 heteroatoms. The van der Waals surface area contributed by atoms with Gasteiger partial charge in [0.1, 0.15) is 0 Å². The van der Waals surface area contributed by atoms with Gasteiger partial charge < -0.3 is 5.32 Å². The van der Waals surface area contributed by atoms with Crippen LogP contribution < -0.4 is 5.32 Å². The van der Waals surface area contributed by atoms with Crippen LogP contribution >= 0.6 is 27.3 Å². The van der Waals surface area contributed by atoms with Gasteiger partial charge in [0.15, 0.2) is 0 Å². The fraction of sp³-hybridized carbons (Fsp3) is 0.333. The first kappa shape index (κ1) is 13.8. The molecule has 1 unspecified atom stereocenters. The van der Waals surface area contributed by atoms with Crippen LogP contribution in [0.5, 0.6) is 0 Å². The van der Waals surface area contributed by atoms with Crippen LogP contribution in [0, 0.1) is 0 Å². The van der Waals surface area contributed by atoms with Gasteiger partial charge in [-0.05, 0) is 42.5 Å². The van der Waals surface area contributed by atoms with Gasteiger partial charge in [-0.2, -0.15) is 0 Å². The molecule has 18 heavy (non-hydrogen) atoms. The molecule has 0 saturated carbocycles. The number of halogens is 1. The standard InChI is InChI=1S/C15H18BrNS/c1-2-17-13(11-14-7-5-9-18-14)10-12-6-3-4-8-15(12)16/h3-9,13,17H,2,10-11H2,1H3. The summed E-state index contributed by atoms with van der Waals surface area (Å²) in [5.41, 5.74) is 1.38. The number of hydrogen-bond acceptors (Lipinski definition) is 2. The minimum atomic E-state index is 0.507. The Bertz CT molecular complexity index is 467. The maximum absolute atomic E-state index is 3.63. The molecule has 2 rings (SSSR count). The minimum absolute atomic E-state index is 0.507. The van der Waals surface area contributed by atoms with Crippen molar-refractivity contribution in [2.75, 3.05) is 6.54 Å². The van der Waals surface area contributed by atoms with Crippen LogP contribution in [0.15, 0.2) is 46.3 Å². The van der Waals surface area contributed by atoms with E-state index in [1.54, 1.807) is 0 Å². The molecule has 0 saturated heterocycles. The van der Waals surface area contributed by atoms with E-state index in [1.165, 1.54) is 14.9 Å². The van der Waals surface area contributed by atoms with E-state index < -0.39 is 0 Å². The smallest absolute Gasteiger partial charge is 0.0207 e. The van der Waals surface area contributed by atoms with Crippen LogP contribution in [0.3, 0.4) is 0 Å². The van der Waals surface area contributed by atoms with Crippen molar-refractivity contribution in [1.29, 1.82) is 0 Å². The molecule has 0 amide bonds. The molecule has 1 nitrogen and oxygen atoms in total. The molecule has 1 N–H and O–H groups in total. The lowest BCUT2D eigenvalue weighted by Crippen LogP contribution is -2.32. The van der Waals surface area contributed by atoms with Crippen molar-refractivity contribution in [2.24, 2.45) is 0 Å². The van der Waals surface area contributed by atoms with Crippen molar-refractivity contribution in [2.45, 2.75) is 25.8 Å². The monoisotopic (exact) mass is 323 g/mol. The Hall–Kier alpha value is -0.640. The highest BCUT2D eigenvalue weighted by atomic mass is 79.9. The van der Waals surface area contributed by atoms with Gasteiger partial charge >= 0.3 is 0 Å². The Morgan fingerprint density at radius 3 is 2.67 bits per heavy atom. The largest absolute Gasteiger partial charge is 0.314 e. The summed E-state index contributed by atoms with van der Waals surface area (Å²) in [4.78, 5) is 1.45. The molecule has 0 radical (unpaired) electrons. The van der Waals surface area contributed by atoms with E-state index in [1.807, 2.05) is 11.3 Å². The van der Waals surface area contributed by atoms with Crippen LogP contribution in [-0.4, -0.2) is 12.6 Å². The quantitative estimate of drug-likeness (QED) is 0.836. The molecule has 0 aliphatic heterocycles. The molecule has 0 fully saturated rings. The Balaban J connectivity index is 2.04. The topological polar surface area (TPSA) is 12.0 Å². The van der Waals surface area contributed by atoms with E-state index in [0.717, 1.165) is 19.4 Å². The van der Waals surface area contributed by atoms with Crippen molar-refractivity contribution in [3.63, 3.8) is 0 Å². The number of hydrogen-bond donors (Lipinski definition) is 1. The van der Waals surface area contributed by atoms with Gasteiger partial charge in [-0.3, -0.25) is 0 Å². The van der Waals surface area contributed by atoms with Crippen LogP contribution in [0.1, 0.15) is 17.4 Å². The van der Waals surface area contributed by atoms with Crippen molar-refractivity contribution < 1.29 is 0 Å². The zero-order valence-electron chi connectivity index (χ0n) is 10.5. The molecule has 1 atom stereocenters. The molecule has 1 heterocycles. The zero-order valence-corrected chi connectivity index (χ0v) is 12.9. The zero-order chi connectivity index (χ0) is 12.8. The third-order valence-corrected chi connectivity index (χ3v) is 4.62. The van der Waals surface area contributed by atoms with Crippen molar-refractivity contribution in [3.8, 4) is 0 Å². The van der Waals surface area contributed by atoms with Crippen molar-refractivity contribution in [1.82, 2.24) is 5.32 Å². The number of thiophene rings is 1. The average Bonchev–Trinajstić information content (AvgIpc) is 2.85. The van der Waals surface area contributed by atoms with Gasteiger partial charge in [0.2, 0.25) is 0 Å². The number of rotatable bonds is 6. The van der Waals surface area contributed by atoms with E-state index in [9.17, 15) is 0 Å². The second kappa shape index (κ2) is 7.07. The summed E-state index contributed by atoms with van der Waals surface area (Å²) in [6.07, 6.45) is 2.17. The van der Waals surface area contributed by atoms with Crippen LogP contribution in [0.2, 0.25) is 0 Å². The fourth-order valence-electron chi connectivity index (χ4n) is 2.11. The van der Waals surface area contributed by atoms with E-state index in [-0.39, 0.29) is 0 Å². The summed E-state index contributed by atoms with van der Waals surface area (Å²) in [6, 6.07) is 13.3. The summed E-state index contributed by atoms with van der Waals surface area (Å²) in [7, 11) is 0. The SMILES string of the molecule is CCNC(Cc1cccs1)Cc1ccccc1Br. The van der Waals surface area contributed by atoms with Gasteiger partial charge in [0.05, 0.1) is 0 Å². The Labute approximate surface area is 121 Å². The average molecular weight is 324 g/mol. The lowest BCUT2D eigenvalue weighted by Gasteiger charge is -2.18. The first-order chi connectivity index (χ1) is 8.79. The van der Waals surface area contributed by atoms with E-state index in [2.05, 4.69) is 69.9 Å². The fourth-order valence-corrected chi connectivity index (χ4v) is 3.34.